The predicted octanol–water partition coefficient (Wildman–Crippen LogP) is 11.3. The van der Waals surface area contributed by atoms with Gasteiger partial charge in [0.25, 0.3) is 0 Å². The van der Waals surface area contributed by atoms with Crippen LogP contribution in [0.15, 0.2) is 109 Å². The first-order valence-electron chi connectivity index (χ1n) is 17.6. The molecule has 6 aromatic heterocycles. The molecule has 4 aromatic carbocycles. The van der Waals surface area contributed by atoms with E-state index < -0.39 is 17.8 Å². The molecule has 55 heavy (non-hydrogen) atoms. The molecule has 10 nitrogen and oxygen atoms in total. The van der Waals surface area contributed by atoms with Crippen LogP contribution in [0.3, 0.4) is 0 Å². The van der Waals surface area contributed by atoms with Crippen LogP contribution in [0.25, 0.3) is 96.8 Å². The van der Waals surface area contributed by atoms with Crippen molar-refractivity contribution in [2.24, 2.45) is 0 Å². The van der Waals surface area contributed by atoms with Crippen molar-refractivity contribution < 1.29 is 19.1 Å². The van der Waals surface area contributed by atoms with Crippen LogP contribution in [0.2, 0.25) is 0 Å². The first kappa shape index (κ1) is 33.1. The molecule has 0 fully saturated rings. The van der Waals surface area contributed by atoms with Gasteiger partial charge in [-0.05, 0) is 69.3 Å². The van der Waals surface area contributed by atoms with Gasteiger partial charge in [0.2, 0.25) is 0 Å². The van der Waals surface area contributed by atoms with E-state index in [4.69, 9.17) is 29.4 Å². The molecule has 10 aromatic rings. The molecule has 0 unspecified atom stereocenters. The third-order valence-electron chi connectivity index (χ3n) is 9.50. The first-order chi connectivity index (χ1) is 26.7. The number of fused-ring (bicyclic) bond motifs is 8. The molecule has 0 spiro atoms. The highest BCUT2D eigenvalue weighted by atomic mass is 32.1. The fourth-order valence-corrected chi connectivity index (χ4v) is 9.33. The minimum absolute atomic E-state index is 0.453. The second-order valence-electron chi connectivity index (χ2n) is 14.1. The Hall–Kier alpha value is -6.50. The average Bonchev–Trinajstić information content (AvgIpc) is 3.98. The van der Waals surface area contributed by atoms with E-state index in [1.165, 1.54) is 16.2 Å². The number of aromatic nitrogens is 6. The highest BCUT2D eigenvalue weighted by Crippen LogP contribution is 2.43. The second kappa shape index (κ2) is 12.3. The summed E-state index contributed by atoms with van der Waals surface area (Å²) in [7, 11) is 1.37. The Labute approximate surface area is 321 Å². The van der Waals surface area contributed by atoms with E-state index in [-0.39, 0.29) is 0 Å². The summed E-state index contributed by atoms with van der Waals surface area (Å²) in [6, 6.07) is 35.7. The van der Waals surface area contributed by atoms with Crippen LogP contribution in [0.4, 0.5) is 9.59 Å². The van der Waals surface area contributed by atoms with Gasteiger partial charge in [-0.25, -0.2) is 38.7 Å². The zero-order valence-electron chi connectivity index (χ0n) is 30.0. The van der Waals surface area contributed by atoms with Crippen LogP contribution in [0, 0.1) is 0 Å². The molecule has 0 radical (unpaired) electrons. The van der Waals surface area contributed by atoms with Gasteiger partial charge in [-0.2, -0.15) is 0 Å². The SMILES string of the molecule is COC(=O)n1c2ccccc2c2nc3cccc(-c4ccc(-c5ccc(-c6cccc7nc8c9ccccc9n(C(=O)OC(C)(C)C)c8nc67)s5)s4)c3nc21. The second-order valence-corrected chi connectivity index (χ2v) is 16.3. The smallest absolute Gasteiger partial charge is 0.420 e. The molecule has 0 N–H and O–H groups in total. The Balaban J connectivity index is 1.06. The van der Waals surface area contributed by atoms with Crippen molar-refractivity contribution >= 4 is 101 Å². The van der Waals surface area contributed by atoms with Gasteiger partial charge in [0.1, 0.15) is 16.6 Å². The van der Waals surface area contributed by atoms with Crippen LogP contribution in [0.1, 0.15) is 20.8 Å². The minimum atomic E-state index is -0.682. The van der Waals surface area contributed by atoms with Crippen molar-refractivity contribution in [3.63, 3.8) is 0 Å². The van der Waals surface area contributed by atoms with Crippen molar-refractivity contribution in [2.75, 3.05) is 7.11 Å². The Morgan fingerprint density at radius 2 is 0.982 bits per heavy atom. The minimum Gasteiger partial charge on any atom is -0.452 e. The van der Waals surface area contributed by atoms with Crippen LogP contribution >= 0.6 is 22.7 Å². The molecule has 268 valence electrons. The van der Waals surface area contributed by atoms with Gasteiger partial charge in [-0.3, -0.25) is 0 Å². The summed E-state index contributed by atoms with van der Waals surface area (Å²) >= 11 is 3.34. The number of rotatable bonds is 3. The third-order valence-corrected chi connectivity index (χ3v) is 11.9. The summed E-state index contributed by atoms with van der Waals surface area (Å²) in [5, 5.41) is 1.67. The van der Waals surface area contributed by atoms with Crippen LogP contribution in [0.5, 0.6) is 0 Å². The molecular weight excluding hydrogens is 729 g/mol. The van der Waals surface area contributed by atoms with Gasteiger partial charge in [0.05, 0.1) is 40.2 Å². The first-order valence-corrected chi connectivity index (χ1v) is 19.2. The van der Waals surface area contributed by atoms with Gasteiger partial charge in [-0.15, -0.1) is 22.7 Å². The van der Waals surface area contributed by atoms with Crippen molar-refractivity contribution in [3.8, 4) is 30.6 Å². The Morgan fingerprint density at radius 3 is 1.45 bits per heavy atom. The third kappa shape index (κ3) is 5.28. The van der Waals surface area contributed by atoms with Crippen molar-refractivity contribution in [3.05, 3.63) is 109 Å². The topological polar surface area (TPSA) is 114 Å². The lowest BCUT2D eigenvalue weighted by molar-refractivity contribution is 0.0550. The summed E-state index contributed by atoms with van der Waals surface area (Å²) < 4.78 is 14.0. The number of hydrogen-bond acceptors (Lipinski definition) is 10. The summed E-state index contributed by atoms with van der Waals surface area (Å²) in [5.74, 6) is 0. The normalized spacial score (nSPS) is 12.1. The van der Waals surface area contributed by atoms with E-state index in [0.29, 0.717) is 44.4 Å². The van der Waals surface area contributed by atoms with Crippen molar-refractivity contribution in [1.29, 1.82) is 0 Å². The quantitative estimate of drug-likeness (QED) is 0.175. The summed E-state index contributed by atoms with van der Waals surface area (Å²) in [4.78, 5) is 51.0. The van der Waals surface area contributed by atoms with E-state index in [2.05, 4.69) is 24.3 Å². The number of nitrogens with zero attached hydrogens (tertiary/aromatic N) is 6. The zero-order valence-corrected chi connectivity index (χ0v) is 31.7. The van der Waals surface area contributed by atoms with Crippen LogP contribution in [-0.2, 0) is 9.47 Å². The molecule has 0 saturated heterocycles. The monoisotopic (exact) mass is 758 g/mol. The summed E-state index contributed by atoms with van der Waals surface area (Å²) in [6.45, 7) is 5.55. The summed E-state index contributed by atoms with van der Waals surface area (Å²) in [6.07, 6.45) is -1.01. The Morgan fingerprint density at radius 1 is 0.527 bits per heavy atom. The summed E-state index contributed by atoms with van der Waals surface area (Å²) in [5.41, 5.74) is 7.65. The Bertz CT molecular complexity index is 3220. The lowest BCUT2D eigenvalue weighted by atomic mass is 10.1. The molecule has 10 rings (SSSR count). The largest absolute Gasteiger partial charge is 0.452 e. The zero-order chi connectivity index (χ0) is 37.6. The lowest BCUT2D eigenvalue weighted by Gasteiger charge is -2.20. The number of benzene rings is 4. The maximum absolute atomic E-state index is 13.6. The Kier molecular flexibility index (Phi) is 7.38. The molecule has 12 heteroatoms. The number of ether oxygens (including phenoxy) is 2. The van der Waals surface area contributed by atoms with Gasteiger partial charge in [0.15, 0.2) is 11.3 Å². The maximum Gasteiger partial charge on any atom is 0.420 e. The van der Waals surface area contributed by atoms with Gasteiger partial charge in [-0.1, -0.05) is 60.7 Å². The van der Waals surface area contributed by atoms with Crippen LogP contribution in [-0.4, -0.2) is 54.0 Å². The number of methoxy groups -OCH3 is 1. The molecular formula is C43H30N6O4S2. The van der Waals surface area contributed by atoms with E-state index in [1.54, 1.807) is 22.7 Å². The fourth-order valence-electron chi connectivity index (χ4n) is 7.17. The molecule has 0 aliphatic heterocycles. The lowest BCUT2D eigenvalue weighted by Crippen LogP contribution is -2.27. The van der Waals surface area contributed by atoms with Crippen molar-refractivity contribution in [2.45, 2.75) is 26.4 Å². The van der Waals surface area contributed by atoms with E-state index in [9.17, 15) is 9.59 Å². The van der Waals surface area contributed by atoms with Gasteiger partial charge in [0, 0.05) is 41.4 Å². The van der Waals surface area contributed by atoms with Gasteiger partial charge < -0.3 is 9.47 Å². The highest BCUT2D eigenvalue weighted by molar-refractivity contribution is 7.25. The maximum atomic E-state index is 13.6. The molecule has 0 aliphatic carbocycles. The molecule has 0 atom stereocenters. The van der Waals surface area contributed by atoms with Crippen molar-refractivity contribution in [1.82, 2.24) is 29.1 Å². The molecule has 0 amide bonds. The average molecular weight is 759 g/mol. The standard InChI is InChI=1S/C43H30N6O4S2/c1-43(2,3)53-42(51)49-30-18-8-6-12-24(30)38-40(49)47-36-26(14-10-16-28(36)45-38)32-20-22-34(55-32)33-21-19-31(54-33)25-13-9-15-27-35(25)46-39-37(44-27)23-11-5-7-17-29(23)48(39)41(50)52-4/h5-22H,1-4H3. The van der Waals surface area contributed by atoms with E-state index in [0.717, 1.165) is 52.4 Å². The fraction of sp³-hybridized carbons (Fsp3) is 0.116. The van der Waals surface area contributed by atoms with Gasteiger partial charge >= 0.3 is 12.2 Å². The molecule has 6 heterocycles. The number of carbonyl (C=O) groups is 2. The molecule has 0 saturated carbocycles. The van der Waals surface area contributed by atoms with E-state index >= 15 is 0 Å². The molecule has 0 bridgehead atoms. The predicted molar refractivity (Wildman–Crippen MR) is 220 cm³/mol. The van der Waals surface area contributed by atoms with E-state index in [1.807, 2.05) is 106 Å². The number of carbonyl (C=O) groups excluding carboxylic acids is 2. The number of hydrogen-bond donors (Lipinski definition) is 0. The van der Waals surface area contributed by atoms with Crippen LogP contribution < -0.4 is 0 Å². The highest BCUT2D eigenvalue weighted by Gasteiger charge is 2.25. The number of thiophene rings is 2. The molecule has 0 aliphatic rings. The number of para-hydroxylation sites is 4.